The van der Waals surface area contributed by atoms with Gasteiger partial charge in [0.1, 0.15) is 0 Å². The molecule has 0 bridgehead atoms. The molecule has 1 aromatic carbocycles. The minimum atomic E-state index is -0.965. The number of benzene rings is 1. The zero-order valence-corrected chi connectivity index (χ0v) is 11.6. The summed E-state index contributed by atoms with van der Waals surface area (Å²) in [4.78, 5) is 35.1. The highest BCUT2D eigenvalue weighted by Crippen LogP contribution is 2.29. The van der Waals surface area contributed by atoms with Crippen molar-refractivity contribution in [3.8, 4) is 0 Å². The third kappa shape index (κ3) is 3.56. The number of carboxylic acids is 1. The van der Waals surface area contributed by atoms with Crippen LogP contribution in [0.15, 0.2) is 24.3 Å². The molecule has 7 nitrogen and oxygen atoms in total. The normalized spacial score (nSPS) is 15.3. The van der Waals surface area contributed by atoms with Crippen LogP contribution in [0.1, 0.15) is 30.1 Å². The number of rotatable bonds is 6. The summed E-state index contributed by atoms with van der Waals surface area (Å²) < 4.78 is 0. The monoisotopic (exact) mass is 292 g/mol. The van der Waals surface area contributed by atoms with Crippen LogP contribution < -0.4 is 0 Å². The molecule has 1 amide bonds. The topological polar surface area (TPSA) is 101 Å². The number of amides is 1. The van der Waals surface area contributed by atoms with Crippen molar-refractivity contribution in [1.29, 1.82) is 0 Å². The van der Waals surface area contributed by atoms with Gasteiger partial charge >= 0.3 is 5.97 Å². The number of carbonyl (C=O) groups is 2. The molecule has 1 aliphatic rings. The molecule has 0 heterocycles. The van der Waals surface area contributed by atoms with Gasteiger partial charge < -0.3 is 10.0 Å². The Bertz CT molecular complexity index is 582. The smallest absolute Gasteiger partial charge is 0.308 e. The number of nitrogens with zero attached hydrogens (tertiary/aromatic N) is 2. The van der Waals surface area contributed by atoms with Crippen LogP contribution in [0.5, 0.6) is 0 Å². The molecule has 0 aliphatic heterocycles. The minimum Gasteiger partial charge on any atom is -0.481 e. The van der Waals surface area contributed by atoms with Crippen molar-refractivity contribution in [2.75, 3.05) is 6.54 Å². The van der Waals surface area contributed by atoms with Crippen LogP contribution in [0.2, 0.25) is 0 Å². The van der Waals surface area contributed by atoms with Crippen LogP contribution in [0.4, 0.5) is 5.69 Å². The molecule has 0 aromatic heterocycles. The molecule has 1 fully saturated rings. The Hall–Kier alpha value is -2.44. The van der Waals surface area contributed by atoms with Gasteiger partial charge in [0, 0.05) is 30.3 Å². The van der Waals surface area contributed by atoms with Gasteiger partial charge in [-0.15, -0.1) is 0 Å². The average molecular weight is 292 g/mol. The van der Waals surface area contributed by atoms with E-state index >= 15 is 0 Å². The van der Waals surface area contributed by atoms with Gasteiger partial charge in [0.25, 0.3) is 11.6 Å². The van der Waals surface area contributed by atoms with Crippen LogP contribution >= 0.6 is 0 Å². The van der Waals surface area contributed by atoms with Gasteiger partial charge in [0.15, 0.2) is 0 Å². The fraction of sp³-hybridized carbons (Fsp3) is 0.429. The second-order valence-corrected chi connectivity index (χ2v) is 5.24. The first-order valence-electron chi connectivity index (χ1n) is 6.68. The maximum Gasteiger partial charge on any atom is 0.308 e. The van der Waals surface area contributed by atoms with Gasteiger partial charge in [-0.25, -0.2) is 0 Å². The summed E-state index contributed by atoms with van der Waals surface area (Å²) in [5.74, 6) is -1.99. The summed E-state index contributed by atoms with van der Waals surface area (Å²) in [6.45, 7) is 1.65. The Labute approximate surface area is 121 Å². The molecule has 112 valence electrons. The number of non-ortho nitro benzene ring substituents is 1. The van der Waals surface area contributed by atoms with E-state index < -0.39 is 16.8 Å². The molecule has 1 aliphatic carbocycles. The number of nitro benzene ring substituents is 1. The molecule has 1 unspecified atom stereocenters. The van der Waals surface area contributed by atoms with Crippen molar-refractivity contribution in [3.05, 3.63) is 39.9 Å². The van der Waals surface area contributed by atoms with Gasteiger partial charge in [-0.2, -0.15) is 0 Å². The summed E-state index contributed by atoms with van der Waals surface area (Å²) in [6, 6.07) is 5.55. The number of aliphatic carboxylic acids is 1. The second-order valence-electron chi connectivity index (χ2n) is 5.24. The van der Waals surface area contributed by atoms with E-state index in [9.17, 15) is 19.7 Å². The highest BCUT2D eigenvalue weighted by molar-refractivity contribution is 5.95. The van der Waals surface area contributed by atoms with Crippen molar-refractivity contribution < 1.29 is 19.6 Å². The molecule has 1 atom stereocenters. The molecule has 1 N–H and O–H groups in total. The summed E-state index contributed by atoms with van der Waals surface area (Å²) in [5, 5.41) is 19.7. The van der Waals surface area contributed by atoms with Crippen LogP contribution in [-0.4, -0.2) is 39.4 Å². The first-order valence-corrected chi connectivity index (χ1v) is 6.68. The summed E-state index contributed by atoms with van der Waals surface area (Å²) in [5.41, 5.74) is 0.0663. The zero-order valence-electron chi connectivity index (χ0n) is 11.6. The standard InChI is InChI=1S/C14H16N2O5/c1-9(14(18)19)8-15(11-5-6-11)13(17)10-3-2-4-12(7-10)16(20)21/h2-4,7,9,11H,5-6,8H2,1H3,(H,18,19). The third-order valence-electron chi connectivity index (χ3n) is 3.44. The molecule has 0 saturated heterocycles. The van der Waals surface area contributed by atoms with E-state index in [1.54, 1.807) is 6.92 Å². The Morgan fingerprint density at radius 3 is 2.67 bits per heavy atom. The van der Waals surface area contributed by atoms with E-state index in [4.69, 9.17) is 5.11 Å². The molecule has 21 heavy (non-hydrogen) atoms. The summed E-state index contributed by atoms with van der Waals surface area (Å²) >= 11 is 0. The van der Waals surface area contributed by atoms with Crippen LogP contribution in [0.3, 0.4) is 0 Å². The van der Waals surface area contributed by atoms with Crippen molar-refractivity contribution in [3.63, 3.8) is 0 Å². The van der Waals surface area contributed by atoms with E-state index in [1.807, 2.05) is 0 Å². The minimum absolute atomic E-state index is 0.0403. The molecule has 2 rings (SSSR count). The molecule has 1 saturated carbocycles. The molecule has 1 aromatic rings. The predicted molar refractivity (Wildman–Crippen MR) is 74.0 cm³/mol. The predicted octanol–water partition coefficient (Wildman–Crippen LogP) is 1.92. The van der Waals surface area contributed by atoms with E-state index in [2.05, 4.69) is 0 Å². The van der Waals surface area contributed by atoms with E-state index in [0.717, 1.165) is 12.8 Å². The molecule has 0 spiro atoms. The Balaban J connectivity index is 2.20. The highest BCUT2D eigenvalue weighted by Gasteiger charge is 2.35. The SMILES string of the molecule is CC(CN(C(=O)c1cccc([N+](=O)[O-])c1)C1CC1)C(=O)O. The van der Waals surface area contributed by atoms with Crippen LogP contribution in [0, 0.1) is 16.0 Å². The number of carboxylic acid groups (broad SMARTS) is 1. The average Bonchev–Trinajstić information content (AvgIpc) is 3.28. The summed E-state index contributed by atoms with van der Waals surface area (Å²) in [7, 11) is 0. The van der Waals surface area contributed by atoms with E-state index in [1.165, 1.54) is 29.2 Å². The van der Waals surface area contributed by atoms with E-state index in [0.29, 0.717) is 0 Å². The maximum absolute atomic E-state index is 12.5. The molecular formula is C14H16N2O5. The number of nitro groups is 1. The zero-order chi connectivity index (χ0) is 15.6. The Morgan fingerprint density at radius 1 is 1.48 bits per heavy atom. The number of carbonyl (C=O) groups excluding carboxylic acids is 1. The Kier molecular flexibility index (Phi) is 4.21. The van der Waals surface area contributed by atoms with Crippen molar-refractivity contribution in [2.24, 2.45) is 5.92 Å². The lowest BCUT2D eigenvalue weighted by Crippen LogP contribution is -2.38. The first kappa shape index (κ1) is 15.0. The van der Waals surface area contributed by atoms with Crippen molar-refractivity contribution in [1.82, 2.24) is 4.90 Å². The molecule has 0 radical (unpaired) electrons. The van der Waals surface area contributed by atoms with Crippen molar-refractivity contribution >= 4 is 17.6 Å². The number of hydrogen-bond acceptors (Lipinski definition) is 4. The lowest BCUT2D eigenvalue weighted by Gasteiger charge is -2.24. The fourth-order valence-corrected chi connectivity index (χ4v) is 2.08. The Morgan fingerprint density at radius 2 is 2.14 bits per heavy atom. The van der Waals surface area contributed by atoms with E-state index in [-0.39, 0.29) is 29.7 Å². The fourth-order valence-electron chi connectivity index (χ4n) is 2.08. The van der Waals surface area contributed by atoms with Gasteiger partial charge in [0.05, 0.1) is 10.8 Å². The molecule has 7 heteroatoms. The highest BCUT2D eigenvalue weighted by atomic mass is 16.6. The third-order valence-corrected chi connectivity index (χ3v) is 3.44. The maximum atomic E-state index is 12.5. The number of hydrogen-bond donors (Lipinski definition) is 1. The van der Waals surface area contributed by atoms with Crippen LogP contribution in [-0.2, 0) is 4.79 Å². The lowest BCUT2D eigenvalue weighted by atomic mass is 10.1. The summed E-state index contributed by atoms with van der Waals surface area (Å²) in [6.07, 6.45) is 1.68. The molecular weight excluding hydrogens is 276 g/mol. The lowest BCUT2D eigenvalue weighted by molar-refractivity contribution is -0.384. The van der Waals surface area contributed by atoms with Gasteiger partial charge in [-0.05, 0) is 18.9 Å². The first-order chi connectivity index (χ1) is 9.90. The largest absolute Gasteiger partial charge is 0.481 e. The quantitative estimate of drug-likeness (QED) is 0.637. The second kappa shape index (κ2) is 5.90. The van der Waals surface area contributed by atoms with Gasteiger partial charge in [-0.1, -0.05) is 13.0 Å². The van der Waals surface area contributed by atoms with Gasteiger partial charge in [-0.3, -0.25) is 19.7 Å². The van der Waals surface area contributed by atoms with Crippen molar-refractivity contribution in [2.45, 2.75) is 25.8 Å². The van der Waals surface area contributed by atoms with Gasteiger partial charge in [0.2, 0.25) is 0 Å². The van der Waals surface area contributed by atoms with Crippen LogP contribution in [0.25, 0.3) is 0 Å².